The number of benzene rings is 2. The molecular formula is C23H30N2O4S. The zero-order valence-electron chi connectivity index (χ0n) is 17.8. The Balaban J connectivity index is 1.67. The van der Waals surface area contributed by atoms with E-state index in [2.05, 4.69) is 37.4 Å². The van der Waals surface area contributed by atoms with E-state index in [1.807, 2.05) is 6.92 Å². The molecule has 3 rings (SSSR count). The molecule has 0 unspecified atom stereocenters. The maximum atomic E-state index is 12.8. The van der Waals surface area contributed by atoms with Gasteiger partial charge >= 0.3 is 0 Å². The van der Waals surface area contributed by atoms with Gasteiger partial charge in [-0.2, -0.15) is 4.31 Å². The van der Waals surface area contributed by atoms with Gasteiger partial charge in [0.15, 0.2) is 0 Å². The Labute approximate surface area is 179 Å². The van der Waals surface area contributed by atoms with Crippen molar-refractivity contribution >= 4 is 15.9 Å². The molecule has 7 heteroatoms. The first-order valence-electron chi connectivity index (χ1n) is 10.3. The number of carbonyl (C=O) groups is 1. The highest BCUT2D eigenvalue weighted by Crippen LogP contribution is 2.22. The van der Waals surface area contributed by atoms with Crippen molar-refractivity contribution in [3.8, 4) is 0 Å². The molecule has 1 aliphatic rings. The number of morpholine rings is 1. The van der Waals surface area contributed by atoms with E-state index < -0.39 is 10.0 Å². The highest BCUT2D eigenvalue weighted by Gasteiger charge is 2.24. The van der Waals surface area contributed by atoms with Crippen molar-refractivity contribution in [2.24, 2.45) is 0 Å². The van der Waals surface area contributed by atoms with Gasteiger partial charge in [-0.05, 0) is 49.1 Å². The number of ether oxygens (including phenoxy) is 1. The fourth-order valence-corrected chi connectivity index (χ4v) is 5.24. The molecular weight excluding hydrogens is 400 g/mol. The summed E-state index contributed by atoms with van der Waals surface area (Å²) >= 11 is 0. The van der Waals surface area contributed by atoms with Crippen molar-refractivity contribution in [2.45, 2.75) is 39.0 Å². The summed E-state index contributed by atoms with van der Waals surface area (Å²) in [6.45, 7) is 7.79. The minimum atomic E-state index is -3.38. The monoisotopic (exact) mass is 430 g/mol. The fourth-order valence-electron chi connectivity index (χ4n) is 3.74. The van der Waals surface area contributed by atoms with Crippen LogP contribution in [0.1, 0.15) is 52.0 Å². The van der Waals surface area contributed by atoms with Crippen LogP contribution in [0.4, 0.5) is 0 Å². The summed E-state index contributed by atoms with van der Waals surface area (Å²) in [5.74, 6) is -0.237. The zero-order valence-corrected chi connectivity index (χ0v) is 18.7. The highest BCUT2D eigenvalue weighted by molar-refractivity contribution is 7.88. The Morgan fingerprint density at radius 3 is 2.37 bits per heavy atom. The number of rotatable bonds is 7. The molecule has 0 spiro atoms. The number of carbonyl (C=O) groups excluding carboxylic acids is 1. The third-order valence-corrected chi connectivity index (χ3v) is 7.29. The summed E-state index contributed by atoms with van der Waals surface area (Å²) in [7, 11) is -3.38. The number of sulfonamides is 1. The Morgan fingerprint density at radius 1 is 1.10 bits per heavy atom. The Hall–Kier alpha value is -2.22. The van der Waals surface area contributed by atoms with Gasteiger partial charge in [0.05, 0.1) is 25.0 Å². The molecule has 1 heterocycles. The summed E-state index contributed by atoms with van der Waals surface area (Å²) in [4.78, 5) is 12.8. The van der Waals surface area contributed by atoms with Gasteiger partial charge in [-0.25, -0.2) is 8.42 Å². The quantitative estimate of drug-likeness (QED) is 0.731. The number of aryl methyl sites for hydroxylation is 2. The number of amides is 1. The molecule has 0 saturated carbocycles. The van der Waals surface area contributed by atoms with Gasteiger partial charge in [0.1, 0.15) is 0 Å². The third kappa shape index (κ3) is 5.47. The second-order valence-corrected chi connectivity index (χ2v) is 9.73. The molecule has 2 aromatic rings. The van der Waals surface area contributed by atoms with Gasteiger partial charge in [0, 0.05) is 18.7 Å². The van der Waals surface area contributed by atoms with Crippen molar-refractivity contribution in [2.75, 3.05) is 26.3 Å². The molecule has 0 aliphatic carbocycles. The van der Waals surface area contributed by atoms with E-state index in [-0.39, 0.29) is 17.7 Å². The average molecular weight is 431 g/mol. The van der Waals surface area contributed by atoms with Crippen LogP contribution >= 0.6 is 0 Å². The van der Waals surface area contributed by atoms with Gasteiger partial charge in [-0.15, -0.1) is 0 Å². The molecule has 1 amide bonds. The molecule has 6 nitrogen and oxygen atoms in total. The first-order valence-corrected chi connectivity index (χ1v) is 11.9. The van der Waals surface area contributed by atoms with Crippen LogP contribution in [0.5, 0.6) is 0 Å². The first kappa shape index (κ1) is 22.5. The minimum absolute atomic E-state index is 0.0699. The van der Waals surface area contributed by atoms with Crippen molar-refractivity contribution in [3.63, 3.8) is 0 Å². The fraction of sp³-hybridized carbons (Fsp3) is 0.435. The molecule has 0 aromatic heterocycles. The molecule has 30 heavy (non-hydrogen) atoms. The topological polar surface area (TPSA) is 75.7 Å². The van der Waals surface area contributed by atoms with E-state index in [0.717, 1.165) is 17.5 Å². The van der Waals surface area contributed by atoms with Crippen LogP contribution in [0.3, 0.4) is 0 Å². The highest BCUT2D eigenvalue weighted by atomic mass is 32.2. The van der Waals surface area contributed by atoms with Crippen molar-refractivity contribution in [3.05, 3.63) is 70.3 Å². The van der Waals surface area contributed by atoms with E-state index in [9.17, 15) is 13.2 Å². The van der Waals surface area contributed by atoms with E-state index >= 15 is 0 Å². The van der Waals surface area contributed by atoms with Crippen LogP contribution < -0.4 is 5.32 Å². The summed E-state index contributed by atoms with van der Waals surface area (Å²) in [6.07, 6.45) is 0.783. The second kappa shape index (κ2) is 9.73. The van der Waals surface area contributed by atoms with Crippen molar-refractivity contribution < 1.29 is 17.9 Å². The molecule has 1 atom stereocenters. The standard InChI is InChI=1S/C23H30N2O4S/c1-4-22(21-10-5-17(2)15-18(21)3)24-23(26)20-8-6-19(7-9-20)16-30(27,28)25-11-13-29-14-12-25/h5-10,15,22H,4,11-14,16H2,1-3H3,(H,24,26)/t22-/m1/s1. The van der Waals surface area contributed by atoms with Gasteiger partial charge in [-0.1, -0.05) is 42.8 Å². The molecule has 1 N–H and O–H groups in total. The third-order valence-electron chi connectivity index (χ3n) is 5.44. The molecule has 1 fully saturated rings. The Bertz CT molecular complexity index is 981. The number of nitrogens with one attached hydrogen (secondary N) is 1. The smallest absolute Gasteiger partial charge is 0.251 e. The maximum absolute atomic E-state index is 12.8. The molecule has 2 aromatic carbocycles. The van der Waals surface area contributed by atoms with E-state index in [4.69, 9.17) is 4.74 Å². The van der Waals surface area contributed by atoms with Crippen LogP contribution in [0, 0.1) is 13.8 Å². The minimum Gasteiger partial charge on any atom is -0.379 e. The summed E-state index contributed by atoms with van der Waals surface area (Å²) < 4.78 is 31.8. The average Bonchev–Trinajstić information content (AvgIpc) is 2.73. The lowest BCUT2D eigenvalue weighted by molar-refractivity contribution is 0.0729. The van der Waals surface area contributed by atoms with Gasteiger partial charge in [0.25, 0.3) is 5.91 Å². The van der Waals surface area contributed by atoms with Crippen LogP contribution in [-0.4, -0.2) is 44.9 Å². The van der Waals surface area contributed by atoms with Crippen LogP contribution in [0.2, 0.25) is 0 Å². The molecule has 1 aliphatic heterocycles. The zero-order chi connectivity index (χ0) is 21.7. The largest absolute Gasteiger partial charge is 0.379 e. The van der Waals surface area contributed by atoms with Gasteiger partial charge in [0.2, 0.25) is 10.0 Å². The molecule has 0 bridgehead atoms. The van der Waals surface area contributed by atoms with E-state index in [1.54, 1.807) is 24.3 Å². The number of hydrogen-bond acceptors (Lipinski definition) is 4. The summed E-state index contributed by atoms with van der Waals surface area (Å²) in [6, 6.07) is 13.0. The molecule has 0 radical (unpaired) electrons. The number of hydrogen-bond donors (Lipinski definition) is 1. The Kier molecular flexibility index (Phi) is 7.28. The molecule has 162 valence electrons. The second-order valence-electron chi connectivity index (χ2n) is 7.76. The van der Waals surface area contributed by atoms with Crippen molar-refractivity contribution in [1.29, 1.82) is 0 Å². The van der Waals surface area contributed by atoms with Crippen LogP contribution in [0.25, 0.3) is 0 Å². The van der Waals surface area contributed by atoms with Crippen LogP contribution in [0.15, 0.2) is 42.5 Å². The van der Waals surface area contributed by atoms with E-state index in [1.165, 1.54) is 9.87 Å². The lowest BCUT2D eigenvalue weighted by atomic mass is 9.97. The van der Waals surface area contributed by atoms with Gasteiger partial charge < -0.3 is 10.1 Å². The normalized spacial score (nSPS) is 16.2. The van der Waals surface area contributed by atoms with E-state index in [0.29, 0.717) is 37.4 Å². The lowest BCUT2D eigenvalue weighted by Gasteiger charge is -2.26. The van der Waals surface area contributed by atoms with Crippen molar-refractivity contribution in [1.82, 2.24) is 9.62 Å². The predicted octanol–water partition coefficient (Wildman–Crippen LogP) is 3.35. The lowest BCUT2D eigenvalue weighted by Crippen LogP contribution is -2.41. The SMILES string of the molecule is CC[C@@H](NC(=O)c1ccc(CS(=O)(=O)N2CCOCC2)cc1)c1ccc(C)cc1C. The van der Waals surface area contributed by atoms with Gasteiger partial charge in [-0.3, -0.25) is 4.79 Å². The summed E-state index contributed by atoms with van der Waals surface area (Å²) in [5.41, 5.74) is 4.65. The van der Waals surface area contributed by atoms with Crippen LogP contribution in [-0.2, 0) is 20.5 Å². The summed E-state index contributed by atoms with van der Waals surface area (Å²) in [5, 5.41) is 3.10. The molecule has 1 saturated heterocycles. The predicted molar refractivity (Wildman–Crippen MR) is 118 cm³/mol. The number of nitrogens with zero attached hydrogens (tertiary/aromatic N) is 1. The first-order chi connectivity index (χ1) is 14.3. The maximum Gasteiger partial charge on any atom is 0.251 e. The Morgan fingerprint density at radius 2 is 1.77 bits per heavy atom.